The van der Waals surface area contributed by atoms with E-state index in [1.54, 1.807) is 6.07 Å². The molecule has 0 radical (unpaired) electrons. The number of hydrogen-bond donors (Lipinski definition) is 3. The minimum atomic E-state index is -0.480. The molecule has 0 saturated carbocycles. The summed E-state index contributed by atoms with van der Waals surface area (Å²) in [5.74, 6) is -0.107. The zero-order chi connectivity index (χ0) is 18.6. The van der Waals surface area contributed by atoms with Gasteiger partial charge in [0, 0.05) is 29.7 Å². The molecule has 0 unspecified atom stereocenters. The van der Waals surface area contributed by atoms with Crippen molar-refractivity contribution in [2.45, 2.75) is 19.4 Å². The van der Waals surface area contributed by atoms with Crippen molar-refractivity contribution >= 4 is 11.0 Å². The van der Waals surface area contributed by atoms with Gasteiger partial charge < -0.3 is 24.5 Å². The first-order valence-corrected chi connectivity index (χ1v) is 8.01. The van der Waals surface area contributed by atoms with Crippen LogP contribution >= 0.6 is 0 Å². The average molecular weight is 352 g/mol. The van der Waals surface area contributed by atoms with Gasteiger partial charge >= 0.3 is 0 Å². The van der Waals surface area contributed by atoms with Crippen molar-refractivity contribution < 1.29 is 24.5 Å². The Bertz CT molecular complexity index is 1130. The van der Waals surface area contributed by atoms with Crippen molar-refractivity contribution in [2.75, 3.05) is 0 Å². The van der Waals surface area contributed by atoms with Crippen LogP contribution in [0.1, 0.15) is 12.5 Å². The lowest BCUT2D eigenvalue weighted by Crippen LogP contribution is -2.13. The standard InChI is InChI=1S/C20H16O6/c1-9(2)15-6-12-16(26-15)7-17-18(19(12)23)20(24)13(8-25-17)11-4-3-10(21)5-14(11)22/h3-5,7-8,15,21-23H,1,6H2,2H3/t15-/m1/s1. The number of phenolic OH excluding ortho intramolecular Hbond substituents is 3. The lowest BCUT2D eigenvalue weighted by Gasteiger charge is -2.09. The van der Waals surface area contributed by atoms with Crippen LogP contribution in [0, 0.1) is 0 Å². The first-order chi connectivity index (χ1) is 12.4. The maximum atomic E-state index is 13.0. The van der Waals surface area contributed by atoms with Crippen molar-refractivity contribution in [3.63, 3.8) is 0 Å². The Morgan fingerprint density at radius 3 is 2.65 bits per heavy atom. The molecule has 2 aromatic carbocycles. The number of fused-ring (bicyclic) bond motifs is 2. The molecule has 6 nitrogen and oxygen atoms in total. The monoisotopic (exact) mass is 352 g/mol. The fourth-order valence-electron chi connectivity index (χ4n) is 3.18. The summed E-state index contributed by atoms with van der Waals surface area (Å²) >= 11 is 0. The molecule has 0 fully saturated rings. The van der Waals surface area contributed by atoms with Gasteiger partial charge in [-0.1, -0.05) is 6.58 Å². The molecule has 132 valence electrons. The van der Waals surface area contributed by atoms with Crippen LogP contribution in [-0.2, 0) is 6.42 Å². The quantitative estimate of drug-likeness (QED) is 0.611. The Hall–Kier alpha value is -3.41. The molecule has 2 heterocycles. The second-order valence-corrected chi connectivity index (χ2v) is 6.41. The van der Waals surface area contributed by atoms with E-state index in [0.717, 1.165) is 11.6 Å². The molecule has 1 aromatic heterocycles. The first-order valence-electron chi connectivity index (χ1n) is 8.01. The predicted octanol–water partition coefficient (Wildman–Crippen LogP) is 3.46. The lowest BCUT2D eigenvalue weighted by molar-refractivity contribution is 0.271. The summed E-state index contributed by atoms with van der Waals surface area (Å²) < 4.78 is 11.3. The molecule has 6 heteroatoms. The normalized spacial score (nSPS) is 15.7. The van der Waals surface area contributed by atoms with Gasteiger partial charge in [-0.3, -0.25) is 4.79 Å². The van der Waals surface area contributed by atoms with E-state index in [1.807, 2.05) is 6.92 Å². The number of rotatable bonds is 2. The van der Waals surface area contributed by atoms with Crippen LogP contribution < -0.4 is 10.2 Å². The number of phenols is 3. The third kappa shape index (κ3) is 2.30. The fourth-order valence-corrected chi connectivity index (χ4v) is 3.18. The molecule has 3 aromatic rings. The van der Waals surface area contributed by atoms with Gasteiger partial charge in [-0.05, 0) is 24.6 Å². The van der Waals surface area contributed by atoms with E-state index in [0.29, 0.717) is 17.7 Å². The van der Waals surface area contributed by atoms with E-state index in [-0.39, 0.29) is 45.4 Å². The molecular formula is C20H16O6. The molecule has 4 rings (SSSR count). The lowest BCUT2D eigenvalue weighted by atomic mass is 10.00. The highest BCUT2D eigenvalue weighted by Gasteiger charge is 2.29. The van der Waals surface area contributed by atoms with Crippen LogP contribution in [0.15, 0.2) is 51.9 Å². The van der Waals surface area contributed by atoms with E-state index >= 15 is 0 Å². The average Bonchev–Trinajstić information content (AvgIpc) is 3.01. The van der Waals surface area contributed by atoms with Gasteiger partial charge in [-0.15, -0.1) is 0 Å². The Balaban J connectivity index is 1.95. The summed E-state index contributed by atoms with van der Waals surface area (Å²) in [6.07, 6.45) is 1.37. The van der Waals surface area contributed by atoms with Crippen molar-refractivity contribution in [2.24, 2.45) is 0 Å². The maximum Gasteiger partial charge on any atom is 0.204 e. The molecule has 1 aliphatic rings. The molecule has 0 spiro atoms. The predicted molar refractivity (Wildman–Crippen MR) is 95.8 cm³/mol. The Labute approximate surface area is 148 Å². The van der Waals surface area contributed by atoms with Gasteiger partial charge in [-0.25, -0.2) is 0 Å². The van der Waals surface area contributed by atoms with Gasteiger partial charge in [0.1, 0.15) is 46.3 Å². The van der Waals surface area contributed by atoms with E-state index in [2.05, 4.69) is 6.58 Å². The molecule has 0 aliphatic carbocycles. The van der Waals surface area contributed by atoms with Gasteiger partial charge in [0.2, 0.25) is 5.43 Å². The van der Waals surface area contributed by atoms with Gasteiger partial charge in [0.25, 0.3) is 0 Å². The summed E-state index contributed by atoms with van der Waals surface area (Å²) in [7, 11) is 0. The van der Waals surface area contributed by atoms with Crippen molar-refractivity contribution in [3.8, 4) is 34.1 Å². The van der Waals surface area contributed by atoms with Crippen molar-refractivity contribution in [3.05, 3.63) is 58.5 Å². The van der Waals surface area contributed by atoms with Crippen LogP contribution in [0.3, 0.4) is 0 Å². The molecule has 26 heavy (non-hydrogen) atoms. The summed E-state index contributed by atoms with van der Waals surface area (Å²) in [6.45, 7) is 5.70. The second-order valence-electron chi connectivity index (χ2n) is 6.41. The minimum Gasteiger partial charge on any atom is -0.508 e. The highest BCUT2D eigenvalue weighted by molar-refractivity contribution is 5.90. The summed E-state index contributed by atoms with van der Waals surface area (Å²) in [5, 5.41) is 30.1. The van der Waals surface area contributed by atoms with Gasteiger partial charge in [-0.2, -0.15) is 0 Å². The topological polar surface area (TPSA) is 100 Å². The zero-order valence-corrected chi connectivity index (χ0v) is 13.9. The van der Waals surface area contributed by atoms with Crippen LogP contribution in [0.2, 0.25) is 0 Å². The molecule has 1 atom stereocenters. The molecule has 1 aliphatic heterocycles. The van der Waals surface area contributed by atoms with Gasteiger partial charge in [0.15, 0.2) is 0 Å². The Morgan fingerprint density at radius 1 is 1.19 bits per heavy atom. The molecular weight excluding hydrogens is 336 g/mol. The smallest absolute Gasteiger partial charge is 0.204 e. The largest absolute Gasteiger partial charge is 0.508 e. The number of hydrogen-bond acceptors (Lipinski definition) is 6. The Kier molecular flexibility index (Phi) is 3.44. The fraction of sp³-hybridized carbons (Fsp3) is 0.150. The summed E-state index contributed by atoms with van der Waals surface area (Å²) in [4.78, 5) is 13.0. The van der Waals surface area contributed by atoms with Crippen LogP contribution in [0.25, 0.3) is 22.1 Å². The molecule has 0 amide bonds. The Morgan fingerprint density at radius 2 is 1.96 bits per heavy atom. The number of aromatic hydroxyl groups is 3. The highest BCUT2D eigenvalue weighted by atomic mass is 16.5. The first kappa shape index (κ1) is 16.1. The van der Waals surface area contributed by atoms with Crippen molar-refractivity contribution in [1.82, 2.24) is 0 Å². The van der Waals surface area contributed by atoms with Crippen LogP contribution in [-0.4, -0.2) is 21.4 Å². The third-order valence-corrected chi connectivity index (χ3v) is 4.58. The van der Waals surface area contributed by atoms with Gasteiger partial charge in [0.05, 0.1) is 5.56 Å². The SMILES string of the molecule is C=C(C)[C@H]1Cc2c(cc3occ(-c4ccc(O)cc4O)c(=O)c3c2O)O1. The second kappa shape index (κ2) is 5.56. The summed E-state index contributed by atoms with van der Waals surface area (Å²) in [6, 6.07) is 5.47. The van der Waals surface area contributed by atoms with Crippen molar-refractivity contribution in [1.29, 1.82) is 0 Å². The number of ether oxygens (including phenoxy) is 1. The maximum absolute atomic E-state index is 13.0. The summed E-state index contributed by atoms with van der Waals surface area (Å²) in [5.41, 5.74) is 1.35. The molecule has 0 bridgehead atoms. The van der Waals surface area contributed by atoms with E-state index in [4.69, 9.17) is 9.15 Å². The van der Waals surface area contributed by atoms with E-state index in [9.17, 15) is 20.1 Å². The number of benzene rings is 2. The molecule has 0 saturated heterocycles. The molecule has 3 N–H and O–H groups in total. The van der Waals surface area contributed by atoms with E-state index < -0.39 is 5.43 Å². The third-order valence-electron chi connectivity index (χ3n) is 4.58. The van der Waals surface area contributed by atoms with E-state index in [1.165, 1.54) is 18.4 Å². The zero-order valence-electron chi connectivity index (χ0n) is 13.9. The minimum absolute atomic E-state index is 0.0275. The highest BCUT2D eigenvalue weighted by Crippen LogP contribution is 2.42. The van der Waals surface area contributed by atoms with Crippen LogP contribution in [0.5, 0.6) is 23.0 Å². The van der Waals surface area contributed by atoms with Crippen LogP contribution in [0.4, 0.5) is 0 Å².